The largest absolute Gasteiger partial charge is 0.448 e. The Kier molecular flexibility index (Phi) is 3.40. The van der Waals surface area contributed by atoms with Gasteiger partial charge in [-0.15, -0.1) is 0 Å². The molecule has 24 heavy (non-hydrogen) atoms. The van der Waals surface area contributed by atoms with Crippen molar-refractivity contribution in [3.05, 3.63) is 42.0 Å². The Hall–Kier alpha value is -2.63. The third-order valence-corrected chi connectivity index (χ3v) is 5.18. The summed E-state index contributed by atoms with van der Waals surface area (Å²) in [6, 6.07) is 9.25. The lowest BCUT2D eigenvalue weighted by atomic mass is 9.74. The molecule has 3 aliphatic rings. The monoisotopic (exact) mass is 326 g/mol. The minimum absolute atomic E-state index is 0.161. The topological polar surface area (TPSA) is 66.9 Å². The highest BCUT2D eigenvalue weighted by Crippen LogP contribution is 2.43. The third-order valence-electron chi connectivity index (χ3n) is 5.18. The lowest BCUT2D eigenvalue weighted by Gasteiger charge is -2.36. The first-order valence-corrected chi connectivity index (χ1v) is 8.10. The van der Waals surface area contributed by atoms with Crippen LogP contribution in [-0.2, 0) is 14.3 Å². The standard InChI is InChI=1S/C18H18N2O4/c1-19-16(21)13-8-7-12(11-5-3-2-4-6-11)15(14(13)17(19)22)20-9-10-24-18(20)23/h2-7,13-15H,8-10H2,1H3/t13-,14-,15+/m0/s1. The molecule has 1 aromatic rings. The number of cyclic esters (lactones) is 1. The van der Waals surface area contributed by atoms with Crippen molar-refractivity contribution >= 4 is 23.5 Å². The molecule has 0 saturated carbocycles. The molecule has 0 aromatic heterocycles. The minimum atomic E-state index is -0.534. The van der Waals surface area contributed by atoms with E-state index in [0.717, 1.165) is 11.1 Å². The van der Waals surface area contributed by atoms with Gasteiger partial charge >= 0.3 is 6.09 Å². The summed E-state index contributed by atoms with van der Waals surface area (Å²) in [5.74, 6) is -1.30. The maximum Gasteiger partial charge on any atom is 0.410 e. The third kappa shape index (κ3) is 2.06. The van der Waals surface area contributed by atoms with E-state index < -0.39 is 24.0 Å². The molecule has 1 aliphatic carbocycles. The van der Waals surface area contributed by atoms with Gasteiger partial charge in [-0.05, 0) is 17.6 Å². The molecule has 2 saturated heterocycles. The zero-order valence-electron chi connectivity index (χ0n) is 13.3. The van der Waals surface area contributed by atoms with Gasteiger partial charge in [0.1, 0.15) is 6.61 Å². The van der Waals surface area contributed by atoms with Crippen molar-refractivity contribution < 1.29 is 19.1 Å². The second kappa shape index (κ2) is 5.47. The number of amides is 3. The Morgan fingerprint density at radius 3 is 2.50 bits per heavy atom. The number of hydrogen-bond donors (Lipinski definition) is 0. The van der Waals surface area contributed by atoms with Crippen molar-refractivity contribution in [3.63, 3.8) is 0 Å². The molecule has 2 aliphatic heterocycles. The number of imide groups is 1. The van der Waals surface area contributed by atoms with Crippen LogP contribution in [0.5, 0.6) is 0 Å². The fourth-order valence-corrected chi connectivity index (χ4v) is 4.02. The maximum absolute atomic E-state index is 12.7. The first-order valence-electron chi connectivity index (χ1n) is 8.10. The molecule has 6 heteroatoms. The summed E-state index contributed by atoms with van der Waals surface area (Å²) in [6.45, 7) is 0.745. The number of likely N-dealkylation sites (tertiary alicyclic amines) is 1. The van der Waals surface area contributed by atoms with E-state index in [0.29, 0.717) is 19.6 Å². The molecule has 2 heterocycles. The molecule has 0 N–H and O–H groups in total. The molecular weight excluding hydrogens is 308 g/mol. The van der Waals surface area contributed by atoms with Crippen LogP contribution in [0.4, 0.5) is 4.79 Å². The average molecular weight is 326 g/mol. The number of benzene rings is 1. The Morgan fingerprint density at radius 1 is 1.08 bits per heavy atom. The van der Waals surface area contributed by atoms with E-state index in [4.69, 9.17) is 4.74 Å². The molecule has 0 unspecified atom stereocenters. The van der Waals surface area contributed by atoms with Crippen LogP contribution in [0.1, 0.15) is 12.0 Å². The lowest BCUT2D eigenvalue weighted by Crippen LogP contribution is -2.48. The van der Waals surface area contributed by atoms with Crippen LogP contribution in [0.2, 0.25) is 0 Å². The van der Waals surface area contributed by atoms with Crippen LogP contribution < -0.4 is 0 Å². The number of nitrogens with zero attached hydrogens (tertiary/aromatic N) is 2. The molecule has 0 spiro atoms. The SMILES string of the molecule is CN1C(=O)[C@H]2[C@H](CC=C(c3ccccc3)[C@H]2N2CCOC2=O)C1=O. The lowest BCUT2D eigenvalue weighted by molar-refractivity contribution is -0.138. The number of ether oxygens (including phenoxy) is 1. The molecule has 3 amide bonds. The summed E-state index contributed by atoms with van der Waals surface area (Å²) in [5, 5.41) is 0. The number of rotatable bonds is 2. The van der Waals surface area contributed by atoms with Crippen LogP contribution in [0.15, 0.2) is 36.4 Å². The molecule has 124 valence electrons. The van der Waals surface area contributed by atoms with Gasteiger partial charge in [-0.2, -0.15) is 0 Å². The van der Waals surface area contributed by atoms with E-state index in [1.807, 2.05) is 36.4 Å². The first kappa shape index (κ1) is 14.9. The van der Waals surface area contributed by atoms with Crippen LogP contribution in [0.25, 0.3) is 5.57 Å². The highest BCUT2D eigenvalue weighted by atomic mass is 16.6. The van der Waals surface area contributed by atoms with Crippen LogP contribution in [0, 0.1) is 11.8 Å². The van der Waals surface area contributed by atoms with Gasteiger partial charge in [0.15, 0.2) is 0 Å². The van der Waals surface area contributed by atoms with Crippen LogP contribution >= 0.6 is 0 Å². The van der Waals surface area contributed by atoms with Gasteiger partial charge in [0, 0.05) is 7.05 Å². The first-order chi connectivity index (χ1) is 11.6. The average Bonchev–Trinajstić information content (AvgIpc) is 3.13. The van der Waals surface area contributed by atoms with Crippen molar-refractivity contribution in [1.82, 2.24) is 9.80 Å². The van der Waals surface area contributed by atoms with Crippen LogP contribution in [-0.4, -0.2) is 53.9 Å². The Labute approximate surface area is 139 Å². The van der Waals surface area contributed by atoms with Crippen molar-refractivity contribution in [3.8, 4) is 0 Å². The van der Waals surface area contributed by atoms with E-state index in [1.54, 1.807) is 4.90 Å². The normalized spacial score (nSPS) is 29.6. The second-order valence-electron chi connectivity index (χ2n) is 6.38. The highest BCUT2D eigenvalue weighted by molar-refractivity contribution is 6.07. The molecule has 4 rings (SSSR count). The summed E-state index contributed by atoms with van der Waals surface area (Å²) >= 11 is 0. The van der Waals surface area contributed by atoms with Gasteiger partial charge in [0.2, 0.25) is 11.8 Å². The summed E-state index contributed by atoms with van der Waals surface area (Å²) in [6.07, 6.45) is 2.10. The zero-order valence-corrected chi connectivity index (χ0v) is 13.3. The van der Waals surface area contributed by atoms with Gasteiger partial charge in [-0.1, -0.05) is 36.4 Å². The predicted molar refractivity (Wildman–Crippen MR) is 85.6 cm³/mol. The fourth-order valence-electron chi connectivity index (χ4n) is 4.02. The number of hydrogen-bond acceptors (Lipinski definition) is 4. The molecule has 0 radical (unpaired) electrons. The van der Waals surface area contributed by atoms with Crippen molar-refractivity contribution in [2.45, 2.75) is 12.5 Å². The Bertz CT molecular complexity index is 743. The van der Waals surface area contributed by atoms with Crippen molar-refractivity contribution in [2.75, 3.05) is 20.2 Å². The quantitative estimate of drug-likeness (QED) is 0.773. The van der Waals surface area contributed by atoms with Gasteiger partial charge < -0.3 is 4.74 Å². The van der Waals surface area contributed by atoms with Gasteiger partial charge in [0.25, 0.3) is 0 Å². The molecule has 6 nitrogen and oxygen atoms in total. The molecule has 3 atom stereocenters. The summed E-state index contributed by atoms with van der Waals surface area (Å²) in [4.78, 5) is 40.0. The van der Waals surface area contributed by atoms with E-state index >= 15 is 0 Å². The van der Waals surface area contributed by atoms with E-state index in [1.165, 1.54) is 11.9 Å². The van der Waals surface area contributed by atoms with Crippen molar-refractivity contribution in [2.24, 2.45) is 11.8 Å². The van der Waals surface area contributed by atoms with Gasteiger partial charge in [0.05, 0.1) is 24.4 Å². The van der Waals surface area contributed by atoms with E-state index in [9.17, 15) is 14.4 Å². The van der Waals surface area contributed by atoms with E-state index in [2.05, 4.69) is 0 Å². The molecule has 2 fully saturated rings. The molecule has 1 aromatic carbocycles. The second-order valence-corrected chi connectivity index (χ2v) is 6.38. The van der Waals surface area contributed by atoms with Gasteiger partial charge in [-0.25, -0.2) is 4.79 Å². The summed E-state index contributed by atoms with van der Waals surface area (Å²) in [5.41, 5.74) is 1.89. The summed E-state index contributed by atoms with van der Waals surface area (Å²) in [7, 11) is 1.52. The van der Waals surface area contributed by atoms with Crippen molar-refractivity contribution in [1.29, 1.82) is 0 Å². The number of carbonyl (C=O) groups excluding carboxylic acids is 3. The minimum Gasteiger partial charge on any atom is -0.448 e. The molecule has 0 bridgehead atoms. The number of carbonyl (C=O) groups is 3. The number of allylic oxidation sites excluding steroid dienone is 1. The Morgan fingerprint density at radius 2 is 1.83 bits per heavy atom. The van der Waals surface area contributed by atoms with Gasteiger partial charge in [-0.3, -0.25) is 19.4 Å². The fraction of sp³-hybridized carbons (Fsp3) is 0.389. The summed E-state index contributed by atoms with van der Waals surface area (Å²) < 4.78 is 5.09. The Balaban J connectivity index is 1.82. The highest BCUT2D eigenvalue weighted by Gasteiger charge is 2.54. The van der Waals surface area contributed by atoms with Crippen LogP contribution in [0.3, 0.4) is 0 Å². The van der Waals surface area contributed by atoms with E-state index in [-0.39, 0.29) is 11.8 Å². The predicted octanol–water partition coefficient (Wildman–Crippen LogP) is 1.53. The molecular formula is C18H18N2O4. The number of fused-ring (bicyclic) bond motifs is 1. The smallest absolute Gasteiger partial charge is 0.410 e. The maximum atomic E-state index is 12.7. The zero-order chi connectivity index (χ0) is 16.8.